The second-order valence-electron chi connectivity index (χ2n) is 6.27. The normalized spacial score (nSPS) is 21.2. The lowest BCUT2D eigenvalue weighted by Gasteiger charge is -2.44. The smallest absolute Gasteiger partial charge is 0.404 e. The largest absolute Gasteiger partial charge is 0.465 e. The standard InChI is InChI=1S/C13H25NO3/c1-12(2,3)13(6-4-5-7-13)8-10(9-15)14-11(16)17/h10,14-15H,4-9H2,1-3H3,(H,16,17). The summed E-state index contributed by atoms with van der Waals surface area (Å²) < 4.78 is 0. The molecule has 1 aliphatic rings. The van der Waals surface area contributed by atoms with E-state index in [0.29, 0.717) is 0 Å². The molecule has 0 aromatic heterocycles. The van der Waals surface area contributed by atoms with E-state index in [0.717, 1.165) is 19.3 Å². The number of hydrogen-bond acceptors (Lipinski definition) is 2. The summed E-state index contributed by atoms with van der Waals surface area (Å²) in [6, 6.07) is -0.343. The van der Waals surface area contributed by atoms with Crippen LogP contribution >= 0.6 is 0 Å². The highest BCUT2D eigenvalue weighted by molar-refractivity contribution is 5.64. The van der Waals surface area contributed by atoms with Crippen LogP contribution in [0.5, 0.6) is 0 Å². The second kappa shape index (κ2) is 5.25. The van der Waals surface area contributed by atoms with E-state index in [-0.39, 0.29) is 23.5 Å². The molecule has 1 unspecified atom stereocenters. The summed E-state index contributed by atoms with van der Waals surface area (Å²) in [7, 11) is 0. The molecule has 3 N–H and O–H groups in total. The van der Waals surface area contributed by atoms with Crippen molar-refractivity contribution in [2.24, 2.45) is 10.8 Å². The minimum atomic E-state index is -1.05. The molecular weight excluding hydrogens is 218 g/mol. The van der Waals surface area contributed by atoms with Crippen molar-refractivity contribution in [3.8, 4) is 0 Å². The van der Waals surface area contributed by atoms with Crippen LogP contribution in [-0.4, -0.2) is 29.0 Å². The summed E-state index contributed by atoms with van der Waals surface area (Å²) in [6.45, 7) is 6.53. The van der Waals surface area contributed by atoms with E-state index in [2.05, 4.69) is 26.1 Å². The molecule has 1 atom stereocenters. The van der Waals surface area contributed by atoms with Crippen LogP contribution in [0, 0.1) is 10.8 Å². The number of aliphatic hydroxyl groups excluding tert-OH is 1. The lowest BCUT2D eigenvalue weighted by Crippen LogP contribution is -2.44. The van der Waals surface area contributed by atoms with Crippen molar-refractivity contribution in [3.05, 3.63) is 0 Å². The third-order valence-electron chi connectivity index (χ3n) is 4.34. The van der Waals surface area contributed by atoms with Gasteiger partial charge in [-0.05, 0) is 30.1 Å². The molecule has 0 heterocycles. The van der Waals surface area contributed by atoms with Gasteiger partial charge >= 0.3 is 6.09 Å². The maximum atomic E-state index is 10.7. The zero-order valence-electron chi connectivity index (χ0n) is 11.1. The van der Waals surface area contributed by atoms with Gasteiger partial charge in [-0.25, -0.2) is 4.79 Å². The lowest BCUT2D eigenvalue weighted by molar-refractivity contribution is 0.0560. The highest BCUT2D eigenvalue weighted by Gasteiger charge is 2.45. The molecule has 1 rings (SSSR count). The molecular formula is C13H25NO3. The van der Waals surface area contributed by atoms with Gasteiger partial charge in [0.1, 0.15) is 0 Å². The van der Waals surface area contributed by atoms with E-state index < -0.39 is 6.09 Å². The van der Waals surface area contributed by atoms with Crippen LogP contribution in [0.3, 0.4) is 0 Å². The molecule has 0 aromatic rings. The van der Waals surface area contributed by atoms with Gasteiger partial charge in [-0.15, -0.1) is 0 Å². The molecule has 17 heavy (non-hydrogen) atoms. The van der Waals surface area contributed by atoms with Crippen molar-refractivity contribution in [1.29, 1.82) is 0 Å². The van der Waals surface area contributed by atoms with Gasteiger partial charge in [-0.3, -0.25) is 0 Å². The van der Waals surface area contributed by atoms with Crippen molar-refractivity contribution in [2.75, 3.05) is 6.61 Å². The average Bonchev–Trinajstić information content (AvgIpc) is 2.65. The SMILES string of the molecule is CC(C)(C)C1(CC(CO)NC(=O)O)CCCC1. The monoisotopic (exact) mass is 243 g/mol. The van der Waals surface area contributed by atoms with Crippen LogP contribution < -0.4 is 5.32 Å². The predicted octanol–water partition coefficient (Wildman–Crippen LogP) is 2.61. The molecule has 4 nitrogen and oxygen atoms in total. The molecule has 0 bridgehead atoms. The fourth-order valence-corrected chi connectivity index (χ4v) is 3.12. The molecule has 0 saturated heterocycles. The Kier molecular flexibility index (Phi) is 4.42. The summed E-state index contributed by atoms with van der Waals surface area (Å²) in [6.07, 6.45) is 4.37. The summed E-state index contributed by atoms with van der Waals surface area (Å²) >= 11 is 0. The Hall–Kier alpha value is -0.770. The van der Waals surface area contributed by atoms with Crippen molar-refractivity contribution >= 4 is 6.09 Å². The van der Waals surface area contributed by atoms with Crippen LogP contribution in [-0.2, 0) is 0 Å². The second-order valence-corrected chi connectivity index (χ2v) is 6.27. The van der Waals surface area contributed by atoms with Gasteiger partial charge in [0, 0.05) is 0 Å². The number of aliphatic hydroxyl groups is 1. The van der Waals surface area contributed by atoms with Gasteiger partial charge in [0.05, 0.1) is 12.6 Å². The minimum absolute atomic E-state index is 0.121. The van der Waals surface area contributed by atoms with Crippen molar-refractivity contribution in [3.63, 3.8) is 0 Å². The number of carbonyl (C=O) groups is 1. The third-order valence-corrected chi connectivity index (χ3v) is 4.34. The first-order valence-corrected chi connectivity index (χ1v) is 6.41. The minimum Gasteiger partial charge on any atom is -0.465 e. The van der Waals surface area contributed by atoms with Gasteiger partial charge in [0.25, 0.3) is 0 Å². The molecule has 0 aliphatic heterocycles. The van der Waals surface area contributed by atoms with Crippen molar-refractivity contribution < 1.29 is 15.0 Å². The van der Waals surface area contributed by atoms with Crippen LogP contribution in [0.1, 0.15) is 52.9 Å². The molecule has 1 saturated carbocycles. The molecule has 1 fully saturated rings. The Morgan fingerprint density at radius 3 is 2.24 bits per heavy atom. The number of amides is 1. The Morgan fingerprint density at radius 2 is 1.88 bits per heavy atom. The fourth-order valence-electron chi connectivity index (χ4n) is 3.12. The highest BCUT2D eigenvalue weighted by Crippen LogP contribution is 2.53. The average molecular weight is 243 g/mol. The van der Waals surface area contributed by atoms with E-state index in [9.17, 15) is 9.90 Å². The van der Waals surface area contributed by atoms with Crippen LogP contribution in [0.2, 0.25) is 0 Å². The zero-order chi connectivity index (χ0) is 13.1. The number of nitrogens with one attached hydrogen (secondary N) is 1. The molecule has 0 spiro atoms. The van der Waals surface area contributed by atoms with Crippen LogP contribution in [0.25, 0.3) is 0 Å². The van der Waals surface area contributed by atoms with E-state index in [1.807, 2.05) is 0 Å². The lowest BCUT2D eigenvalue weighted by atomic mass is 9.62. The van der Waals surface area contributed by atoms with Crippen molar-refractivity contribution in [2.45, 2.75) is 58.9 Å². The number of carboxylic acid groups (broad SMARTS) is 1. The van der Waals surface area contributed by atoms with E-state index in [4.69, 9.17) is 5.11 Å². The number of hydrogen-bond donors (Lipinski definition) is 3. The van der Waals surface area contributed by atoms with Gasteiger partial charge in [0.15, 0.2) is 0 Å². The maximum Gasteiger partial charge on any atom is 0.404 e. The van der Waals surface area contributed by atoms with Crippen LogP contribution in [0.4, 0.5) is 4.79 Å². The first-order chi connectivity index (χ1) is 7.81. The molecule has 0 aromatic carbocycles. The summed E-state index contributed by atoms with van der Waals surface area (Å²) in [5.74, 6) is 0. The Morgan fingerprint density at radius 1 is 1.35 bits per heavy atom. The Balaban J connectivity index is 2.75. The Labute approximate surface area is 103 Å². The quantitative estimate of drug-likeness (QED) is 0.711. The number of rotatable bonds is 4. The third kappa shape index (κ3) is 3.35. The van der Waals surface area contributed by atoms with Gasteiger partial charge < -0.3 is 15.5 Å². The highest BCUT2D eigenvalue weighted by atomic mass is 16.4. The zero-order valence-corrected chi connectivity index (χ0v) is 11.1. The van der Waals surface area contributed by atoms with Crippen LogP contribution in [0.15, 0.2) is 0 Å². The van der Waals surface area contributed by atoms with Gasteiger partial charge in [-0.2, -0.15) is 0 Å². The van der Waals surface area contributed by atoms with Crippen molar-refractivity contribution in [1.82, 2.24) is 5.32 Å². The summed E-state index contributed by atoms with van der Waals surface area (Å²) in [4.78, 5) is 10.7. The summed E-state index contributed by atoms with van der Waals surface area (Å²) in [5.41, 5.74) is 0.306. The molecule has 0 radical (unpaired) electrons. The maximum absolute atomic E-state index is 10.7. The van der Waals surface area contributed by atoms with Gasteiger partial charge in [-0.1, -0.05) is 33.6 Å². The van der Waals surface area contributed by atoms with E-state index >= 15 is 0 Å². The fraction of sp³-hybridized carbons (Fsp3) is 0.923. The molecule has 4 heteroatoms. The molecule has 1 aliphatic carbocycles. The summed E-state index contributed by atoms with van der Waals surface area (Å²) in [5, 5.41) is 20.5. The first-order valence-electron chi connectivity index (χ1n) is 6.41. The Bertz CT molecular complexity index is 264. The topological polar surface area (TPSA) is 69.6 Å². The first kappa shape index (κ1) is 14.3. The predicted molar refractivity (Wildman–Crippen MR) is 67.0 cm³/mol. The van der Waals surface area contributed by atoms with E-state index in [1.54, 1.807) is 0 Å². The molecule has 100 valence electrons. The van der Waals surface area contributed by atoms with Gasteiger partial charge in [0.2, 0.25) is 0 Å². The van der Waals surface area contributed by atoms with E-state index in [1.165, 1.54) is 12.8 Å². The molecule has 1 amide bonds.